The van der Waals surface area contributed by atoms with Gasteiger partial charge in [0.1, 0.15) is 15.8 Å². The number of nitrogens with one attached hydrogen (secondary N) is 1. The summed E-state index contributed by atoms with van der Waals surface area (Å²) < 4.78 is 94.6. The topological polar surface area (TPSA) is 72.2 Å². The number of hydrogen-bond acceptors (Lipinski definition) is 3. The van der Waals surface area contributed by atoms with E-state index in [4.69, 9.17) is 40.5 Å². The largest absolute Gasteiger partial charge is 0.394 e. The van der Waals surface area contributed by atoms with Gasteiger partial charge in [-0.3, -0.25) is 9.59 Å². The fourth-order valence-corrected chi connectivity index (χ4v) is 4.98. The second-order valence-corrected chi connectivity index (χ2v) is 10.2. The summed E-state index contributed by atoms with van der Waals surface area (Å²) in [7, 11) is 0. The van der Waals surface area contributed by atoms with Crippen LogP contribution in [0.3, 0.4) is 0 Å². The molecule has 3 N–H and O–H groups in total. The first-order chi connectivity index (χ1) is 17.7. The molecule has 2 atom stereocenters. The van der Waals surface area contributed by atoms with E-state index in [2.05, 4.69) is 5.32 Å². The SMILES string of the molecule is Nc1c(F)ccc(CC(=O)c2cc(NC(=O)C3C(c4c(F)c(F)c(F)c(F)c4F)C3(Cl)Cl)ccc2Cl)c1F. The monoisotopic (exact) mass is 598 g/mol. The molecule has 0 aromatic heterocycles. The van der Waals surface area contributed by atoms with Crippen LogP contribution in [0.1, 0.15) is 27.4 Å². The van der Waals surface area contributed by atoms with Crippen molar-refractivity contribution < 1.29 is 40.3 Å². The van der Waals surface area contributed by atoms with E-state index in [0.717, 1.165) is 18.2 Å². The van der Waals surface area contributed by atoms with Gasteiger partial charge in [-0.25, -0.2) is 30.7 Å². The Labute approximate surface area is 224 Å². The van der Waals surface area contributed by atoms with Crippen molar-refractivity contribution >= 4 is 57.9 Å². The Bertz CT molecular complexity index is 1490. The van der Waals surface area contributed by atoms with Crippen molar-refractivity contribution in [2.24, 2.45) is 5.92 Å². The molecule has 2 unspecified atom stereocenters. The zero-order chi connectivity index (χ0) is 28.3. The Balaban J connectivity index is 1.58. The number of ketones is 1. The molecule has 1 saturated carbocycles. The summed E-state index contributed by atoms with van der Waals surface area (Å²) in [5, 5.41) is 2.19. The molecule has 38 heavy (non-hydrogen) atoms. The Morgan fingerprint density at radius 2 is 1.45 bits per heavy atom. The molecule has 0 bridgehead atoms. The molecule has 1 aliphatic carbocycles. The lowest BCUT2D eigenvalue weighted by atomic mass is 10.0. The average Bonchev–Trinajstić information content (AvgIpc) is 3.44. The summed E-state index contributed by atoms with van der Waals surface area (Å²) in [5.74, 6) is -18.6. The van der Waals surface area contributed by atoms with Crippen LogP contribution in [0.4, 0.5) is 42.1 Å². The molecular formula is C24H12Cl3F7N2O2. The summed E-state index contributed by atoms with van der Waals surface area (Å²) in [6.07, 6.45) is -0.579. The summed E-state index contributed by atoms with van der Waals surface area (Å²) in [6, 6.07) is 5.41. The van der Waals surface area contributed by atoms with Gasteiger partial charge in [-0.15, -0.1) is 23.2 Å². The Hall–Kier alpha value is -3.02. The van der Waals surface area contributed by atoms with Gasteiger partial charge < -0.3 is 11.1 Å². The minimum absolute atomic E-state index is 0.0889. The van der Waals surface area contributed by atoms with Crippen molar-refractivity contribution in [3.63, 3.8) is 0 Å². The van der Waals surface area contributed by atoms with Crippen molar-refractivity contribution in [2.75, 3.05) is 11.1 Å². The number of benzene rings is 3. The number of anilines is 2. The quantitative estimate of drug-likeness (QED) is 0.0814. The van der Waals surface area contributed by atoms with Crippen molar-refractivity contribution in [3.8, 4) is 0 Å². The normalized spacial score (nSPS) is 17.8. The molecule has 1 fully saturated rings. The maximum atomic E-state index is 14.3. The van der Waals surface area contributed by atoms with Crippen LogP contribution in [0, 0.1) is 46.6 Å². The highest BCUT2D eigenvalue weighted by molar-refractivity contribution is 6.53. The third-order valence-corrected chi connectivity index (χ3v) is 7.25. The van der Waals surface area contributed by atoms with Gasteiger partial charge in [-0.2, -0.15) is 0 Å². The highest BCUT2D eigenvalue weighted by Gasteiger charge is 2.69. The molecule has 4 rings (SSSR count). The molecule has 14 heteroatoms. The van der Waals surface area contributed by atoms with E-state index in [1.807, 2.05) is 0 Å². The van der Waals surface area contributed by atoms with Crippen molar-refractivity contribution in [1.29, 1.82) is 0 Å². The number of nitrogens with two attached hydrogens (primary N) is 1. The minimum atomic E-state index is -2.39. The highest BCUT2D eigenvalue weighted by Crippen LogP contribution is 2.66. The third kappa shape index (κ3) is 4.67. The van der Waals surface area contributed by atoms with Gasteiger partial charge in [0.25, 0.3) is 0 Å². The number of amides is 1. The molecule has 1 amide bonds. The van der Waals surface area contributed by atoms with Gasteiger partial charge in [0.2, 0.25) is 11.7 Å². The van der Waals surface area contributed by atoms with Crippen molar-refractivity contribution in [2.45, 2.75) is 16.7 Å². The molecule has 3 aromatic carbocycles. The number of rotatable bonds is 6. The zero-order valence-electron chi connectivity index (χ0n) is 18.4. The van der Waals surface area contributed by atoms with E-state index in [9.17, 15) is 40.3 Å². The van der Waals surface area contributed by atoms with Gasteiger partial charge in [0.05, 0.1) is 10.9 Å². The maximum Gasteiger partial charge on any atom is 0.231 e. The van der Waals surface area contributed by atoms with Crippen LogP contribution in [0.25, 0.3) is 0 Å². The standard InChI is InChI=1S/C24H12Cl3F7N2O2/c25-10-3-2-8(6-9(10)12(37)5-7-1-4-11(28)22(35)16(7)29)36-23(38)15-14(24(15,26)27)13-17(30)19(32)21(34)20(33)18(13)31/h1-4,6,14-15H,5,35H2,(H,36,38). The van der Waals surface area contributed by atoms with Crippen LogP contribution in [0.5, 0.6) is 0 Å². The number of nitrogen functional groups attached to an aromatic ring is 1. The van der Waals surface area contributed by atoms with Gasteiger partial charge in [-0.1, -0.05) is 17.7 Å². The van der Waals surface area contributed by atoms with Crippen molar-refractivity contribution in [1.82, 2.24) is 0 Å². The molecule has 1 aliphatic rings. The lowest BCUT2D eigenvalue weighted by molar-refractivity contribution is -0.117. The minimum Gasteiger partial charge on any atom is -0.394 e. The average molecular weight is 600 g/mol. The molecular weight excluding hydrogens is 588 g/mol. The van der Waals surface area contributed by atoms with E-state index in [0.29, 0.717) is 0 Å². The predicted octanol–water partition coefficient (Wildman–Crippen LogP) is 6.85. The number of hydrogen-bond donors (Lipinski definition) is 2. The molecule has 0 spiro atoms. The fraction of sp³-hybridized carbons (Fsp3) is 0.167. The second kappa shape index (κ2) is 9.94. The van der Waals surface area contributed by atoms with Gasteiger partial charge in [0, 0.05) is 29.2 Å². The van der Waals surface area contributed by atoms with Gasteiger partial charge >= 0.3 is 0 Å². The molecule has 3 aromatic rings. The first-order valence-corrected chi connectivity index (χ1v) is 11.6. The first kappa shape index (κ1) is 28.0. The fourth-order valence-electron chi connectivity index (χ4n) is 3.96. The van der Waals surface area contributed by atoms with Crippen LogP contribution >= 0.6 is 34.8 Å². The Morgan fingerprint density at radius 3 is 2.05 bits per heavy atom. The molecule has 0 heterocycles. The summed E-state index contributed by atoms with van der Waals surface area (Å²) in [5.41, 5.74) is 2.66. The zero-order valence-corrected chi connectivity index (χ0v) is 20.7. The third-order valence-electron chi connectivity index (χ3n) is 5.98. The highest BCUT2D eigenvalue weighted by atomic mass is 35.5. The van der Waals surface area contributed by atoms with Crippen LogP contribution < -0.4 is 11.1 Å². The number of Topliss-reactive ketones (excluding diaryl/α,β-unsaturated/α-hetero) is 1. The molecule has 4 nitrogen and oxygen atoms in total. The van der Waals surface area contributed by atoms with Crippen LogP contribution in [0.15, 0.2) is 30.3 Å². The second-order valence-electron chi connectivity index (χ2n) is 8.33. The number of halogens is 10. The number of carbonyl (C=O) groups is 2. The summed E-state index contributed by atoms with van der Waals surface area (Å²) >= 11 is 18.0. The van der Waals surface area contributed by atoms with E-state index in [-0.39, 0.29) is 21.8 Å². The Morgan fingerprint density at radius 1 is 0.868 bits per heavy atom. The number of alkyl halides is 2. The Kier molecular flexibility index (Phi) is 7.32. The molecule has 0 aliphatic heterocycles. The maximum absolute atomic E-state index is 14.3. The molecule has 200 valence electrons. The van der Waals surface area contributed by atoms with E-state index in [1.165, 1.54) is 12.1 Å². The summed E-state index contributed by atoms with van der Waals surface area (Å²) in [4.78, 5) is 25.5. The van der Waals surface area contributed by atoms with Crippen LogP contribution in [-0.4, -0.2) is 16.0 Å². The predicted molar refractivity (Wildman–Crippen MR) is 126 cm³/mol. The first-order valence-electron chi connectivity index (χ1n) is 10.4. The smallest absolute Gasteiger partial charge is 0.231 e. The lowest BCUT2D eigenvalue weighted by Gasteiger charge is -2.10. The molecule has 0 radical (unpaired) electrons. The molecule has 0 saturated heterocycles. The van der Waals surface area contributed by atoms with Crippen molar-refractivity contribution in [3.05, 3.63) is 92.8 Å². The van der Waals surface area contributed by atoms with E-state index >= 15 is 0 Å². The van der Waals surface area contributed by atoms with Gasteiger partial charge in [-0.05, 0) is 29.8 Å². The van der Waals surface area contributed by atoms with Gasteiger partial charge in [0.15, 0.2) is 34.9 Å². The number of carbonyl (C=O) groups excluding carboxylic acids is 2. The van der Waals surface area contributed by atoms with E-state index < -0.39 is 86.3 Å². The lowest BCUT2D eigenvalue weighted by Crippen LogP contribution is -2.18. The summed E-state index contributed by atoms with van der Waals surface area (Å²) in [6.45, 7) is 0. The van der Waals surface area contributed by atoms with Crippen LogP contribution in [0.2, 0.25) is 5.02 Å². The van der Waals surface area contributed by atoms with E-state index in [1.54, 1.807) is 0 Å². The van der Waals surface area contributed by atoms with Crippen LogP contribution in [-0.2, 0) is 11.2 Å².